The predicted molar refractivity (Wildman–Crippen MR) is 76.2 cm³/mol. The molecule has 0 aliphatic heterocycles. The van der Waals surface area contributed by atoms with Crippen molar-refractivity contribution in [2.45, 2.75) is 19.4 Å². The third-order valence-corrected chi connectivity index (χ3v) is 3.30. The number of benzene rings is 1. The first kappa shape index (κ1) is 14.4. The fourth-order valence-corrected chi connectivity index (χ4v) is 2.36. The minimum Gasteiger partial charge on any atom is -0.496 e. The number of nitrogens with zero attached hydrogens (tertiary/aromatic N) is 2. The number of aromatic nitrogens is 2. The number of aliphatic hydroxyl groups is 1. The summed E-state index contributed by atoms with van der Waals surface area (Å²) in [6.45, 7) is 1.93. The molecular weight excluding hydrogens is 256 g/mol. The molecule has 0 saturated carbocycles. The molecule has 0 radical (unpaired) electrons. The van der Waals surface area contributed by atoms with Gasteiger partial charge in [-0.15, -0.1) is 0 Å². The van der Waals surface area contributed by atoms with Crippen LogP contribution in [0.15, 0.2) is 24.3 Å². The van der Waals surface area contributed by atoms with Crippen LogP contribution in [0.3, 0.4) is 0 Å². The molecule has 1 aromatic heterocycles. The first-order valence-electron chi connectivity index (χ1n) is 6.45. The first-order chi connectivity index (χ1) is 9.56. The van der Waals surface area contributed by atoms with Crippen LogP contribution < -0.4 is 9.47 Å². The van der Waals surface area contributed by atoms with E-state index in [2.05, 4.69) is 5.10 Å². The molecule has 1 N–H and O–H groups in total. The highest BCUT2D eigenvalue weighted by molar-refractivity contribution is 5.46. The van der Waals surface area contributed by atoms with E-state index in [1.165, 1.54) is 0 Å². The Hall–Kier alpha value is -2.01. The molecule has 20 heavy (non-hydrogen) atoms. The first-order valence-corrected chi connectivity index (χ1v) is 6.45. The number of rotatable bonds is 5. The van der Waals surface area contributed by atoms with Crippen LogP contribution in [0.4, 0.5) is 0 Å². The smallest absolute Gasteiger partial charge is 0.128 e. The van der Waals surface area contributed by atoms with Crippen molar-refractivity contribution in [2.75, 3.05) is 14.2 Å². The van der Waals surface area contributed by atoms with Crippen molar-refractivity contribution >= 4 is 0 Å². The quantitative estimate of drug-likeness (QED) is 0.907. The highest BCUT2D eigenvalue weighted by atomic mass is 16.5. The zero-order chi connectivity index (χ0) is 14.7. The number of methoxy groups -OCH3 is 2. The van der Waals surface area contributed by atoms with Gasteiger partial charge in [0.25, 0.3) is 0 Å². The molecule has 0 amide bonds. The van der Waals surface area contributed by atoms with Crippen molar-refractivity contribution in [2.24, 2.45) is 7.05 Å². The van der Waals surface area contributed by atoms with Crippen molar-refractivity contribution in [3.8, 4) is 11.5 Å². The Morgan fingerprint density at radius 2 is 1.85 bits per heavy atom. The lowest BCUT2D eigenvalue weighted by Crippen LogP contribution is -2.09. The molecule has 0 aliphatic carbocycles. The zero-order valence-corrected chi connectivity index (χ0v) is 12.3. The van der Waals surface area contributed by atoms with Crippen LogP contribution in [0, 0.1) is 6.92 Å². The summed E-state index contributed by atoms with van der Waals surface area (Å²) in [5, 5.41) is 14.8. The third-order valence-electron chi connectivity index (χ3n) is 3.30. The lowest BCUT2D eigenvalue weighted by atomic mass is 10.0. The molecule has 0 fully saturated rings. The molecule has 5 nitrogen and oxygen atoms in total. The minimum atomic E-state index is -0.712. The van der Waals surface area contributed by atoms with Gasteiger partial charge in [-0.3, -0.25) is 4.68 Å². The van der Waals surface area contributed by atoms with E-state index in [4.69, 9.17) is 9.47 Å². The molecular formula is C15H20N2O3. The van der Waals surface area contributed by atoms with Crippen molar-refractivity contribution in [1.29, 1.82) is 0 Å². The lowest BCUT2D eigenvalue weighted by Gasteiger charge is -2.18. The maximum absolute atomic E-state index is 10.5. The highest BCUT2D eigenvalue weighted by Crippen LogP contribution is 2.35. The molecule has 1 unspecified atom stereocenters. The van der Waals surface area contributed by atoms with Gasteiger partial charge < -0.3 is 14.6 Å². The standard InChI is InChI=1S/C15H20N2O3/c1-10-8-11(17(2)16-10)9-12(18)15-13(19-3)6-5-7-14(15)20-4/h5-8,12,18H,9H2,1-4H3. The number of aliphatic hydroxyl groups excluding tert-OH is 1. The Morgan fingerprint density at radius 3 is 2.30 bits per heavy atom. The van der Waals surface area contributed by atoms with Crippen LogP contribution in [-0.2, 0) is 13.5 Å². The van der Waals surface area contributed by atoms with E-state index in [-0.39, 0.29) is 0 Å². The van der Waals surface area contributed by atoms with Gasteiger partial charge in [0.1, 0.15) is 11.5 Å². The summed E-state index contributed by atoms with van der Waals surface area (Å²) < 4.78 is 12.4. The van der Waals surface area contributed by atoms with E-state index in [1.54, 1.807) is 18.9 Å². The van der Waals surface area contributed by atoms with Crippen LogP contribution in [0.1, 0.15) is 23.1 Å². The van der Waals surface area contributed by atoms with E-state index >= 15 is 0 Å². The van der Waals surface area contributed by atoms with Crippen LogP contribution in [0.2, 0.25) is 0 Å². The van der Waals surface area contributed by atoms with Gasteiger partial charge in [-0.25, -0.2) is 0 Å². The van der Waals surface area contributed by atoms with Crippen molar-refractivity contribution in [3.05, 3.63) is 41.2 Å². The second-order valence-electron chi connectivity index (χ2n) is 4.70. The topological polar surface area (TPSA) is 56.5 Å². The van der Waals surface area contributed by atoms with E-state index in [0.717, 1.165) is 11.4 Å². The minimum absolute atomic E-state index is 0.452. The van der Waals surface area contributed by atoms with Crippen LogP contribution >= 0.6 is 0 Å². The highest BCUT2D eigenvalue weighted by Gasteiger charge is 2.20. The maximum Gasteiger partial charge on any atom is 0.128 e. The molecule has 1 heterocycles. The number of hydrogen-bond donors (Lipinski definition) is 1. The molecule has 5 heteroatoms. The lowest BCUT2D eigenvalue weighted by molar-refractivity contribution is 0.167. The maximum atomic E-state index is 10.5. The van der Waals surface area contributed by atoms with E-state index in [1.807, 2.05) is 38.2 Å². The number of aryl methyl sites for hydroxylation is 2. The second-order valence-corrected chi connectivity index (χ2v) is 4.70. The van der Waals surface area contributed by atoms with Crippen LogP contribution in [0.25, 0.3) is 0 Å². The summed E-state index contributed by atoms with van der Waals surface area (Å²) in [6, 6.07) is 7.43. The van der Waals surface area contributed by atoms with Gasteiger partial charge in [0.05, 0.1) is 31.6 Å². The summed E-state index contributed by atoms with van der Waals surface area (Å²) in [4.78, 5) is 0. The van der Waals surface area contributed by atoms with Gasteiger partial charge in [-0.1, -0.05) is 6.07 Å². The van der Waals surface area contributed by atoms with Gasteiger partial charge in [-0.2, -0.15) is 5.10 Å². The van der Waals surface area contributed by atoms with E-state index in [0.29, 0.717) is 23.5 Å². The van der Waals surface area contributed by atoms with Crippen molar-refractivity contribution in [1.82, 2.24) is 9.78 Å². The monoisotopic (exact) mass is 276 g/mol. The Labute approximate surface area is 118 Å². The normalized spacial score (nSPS) is 12.2. The van der Waals surface area contributed by atoms with Crippen LogP contribution in [-0.4, -0.2) is 29.1 Å². The second kappa shape index (κ2) is 5.96. The summed E-state index contributed by atoms with van der Waals surface area (Å²) in [5.41, 5.74) is 2.56. The molecule has 2 aromatic rings. The average molecular weight is 276 g/mol. The fraction of sp³-hybridized carbons (Fsp3) is 0.400. The number of ether oxygens (including phenoxy) is 2. The third kappa shape index (κ3) is 2.77. The van der Waals surface area contributed by atoms with Gasteiger partial charge in [0.15, 0.2) is 0 Å². The van der Waals surface area contributed by atoms with Gasteiger partial charge >= 0.3 is 0 Å². The van der Waals surface area contributed by atoms with Gasteiger partial charge in [-0.05, 0) is 25.1 Å². The summed E-state index contributed by atoms with van der Waals surface area (Å²) in [5.74, 6) is 1.24. The molecule has 2 rings (SSSR count). The van der Waals surface area contributed by atoms with E-state index < -0.39 is 6.10 Å². The summed E-state index contributed by atoms with van der Waals surface area (Å²) >= 11 is 0. The molecule has 108 valence electrons. The molecule has 1 atom stereocenters. The Balaban J connectivity index is 2.33. The fourth-order valence-electron chi connectivity index (χ4n) is 2.36. The molecule has 0 aliphatic rings. The van der Waals surface area contributed by atoms with Crippen molar-refractivity contribution in [3.63, 3.8) is 0 Å². The summed E-state index contributed by atoms with van der Waals surface area (Å²) in [7, 11) is 5.03. The Kier molecular flexibility index (Phi) is 4.29. The molecule has 0 saturated heterocycles. The molecule has 0 bridgehead atoms. The SMILES string of the molecule is COc1cccc(OC)c1C(O)Cc1cc(C)nn1C. The van der Waals surface area contributed by atoms with Gasteiger partial charge in [0, 0.05) is 19.2 Å². The van der Waals surface area contributed by atoms with Crippen molar-refractivity contribution < 1.29 is 14.6 Å². The van der Waals surface area contributed by atoms with Crippen LogP contribution in [0.5, 0.6) is 11.5 Å². The average Bonchev–Trinajstić information content (AvgIpc) is 2.75. The zero-order valence-electron chi connectivity index (χ0n) is 12.3. The molecule has 0 spiro atoms. The summed E-state index contributed by atoms with van der Waals surface area (Å²) in [6.07, 6.45) is -0.260. The predicted octanol–water partition coefficient (Wildman–Crippen LogP) is 2.02. The Morgan fingerprint density at radius 1 is 1.25 bits per heavy atom. The largest absolute Gasteiger partial charge is 0.496 e. The molecule has 1 aromatic carbocycles. The Bertz CT molecular complexity index is 571. The number of hydrogen-bond acceptors (Lipinski definition) is 4. The van der Waals surface area contributed by atoms with E-state index in [9.17, 15) is 5.11 Å². The van der Waals surface area contributed by atoms with Gasteiger partial charge in [0.2, 0.25) is 0 Å².